The largest absolute Gasteiger partial charge is 0.582 e. The van der Waals surface area contributed by atoms with Crippen molar-refractivity contribution in [2.45, 2.75) is 49.2 Å². The molecule has 0 aliphatic carbocycles. The molecule has 7 unspecified atom stereocenters. The number of phosphoric ester groups is 1. The Bertz CT molecular complexity index is 1910. The third-order valence-corrected chi connectivity index (χ3v) is 9.48. The van der Waals surface area contributed by atoms with Crippen molar-refractivity contribution >= 4 is 61.3 Å². The maximum absolute atomic E-state index is 15.9. The Hall–Kier alpha value is -3.30. The normalized spacial score (nSPS) is 33.8. The molecule has 0 amide bonds. The van der Waals surface area contributed by atoms with E-state index in [9.17, 15) is 19.1 Å². The van der Waals surface area contributed by atoms with Crippen LogP contribution in [0, 0.1) is 0 Å². The standard InChI is InChI=1S/C24H26F2N10O9P2S/c25-13-17(44-46(38)48)12-6-41-47(39,40)45-18-11(5-37)42-24(14(18)26)36-10-34-16-20(30-8-32-22(16)36)28-4-2-1-3-27-19-15-21(31-7-29-19)35(9-33-15)23(13)43-12/h1-2,7-14,17-18,23-24,37H,3-6H2,(H3-,27,28,29,30,31,32,38,39,40,48)/p+1/b2-1+/t11?,12?,13-,14-,17?,18-,23?,24?/m1/s1. The number of hydrogen-bond acceptors (Lipinski definition) is 16. The topological polar surface area (TPSA) is 232 Å². The monoisotopic (exact) mass is 731 g/mol. The molecule has 12 bridgehead atoms. The number of nitrogens with zero attached hydrogens (tertiary/aromatic N) is 8. The maximum atomic E-state index is 15.9. The fourth-order valence-electron chi connectivity index (χ4n) is 5.64. The van der Waals surface area contributed by atoms with Crippen molar-refractivity contribution in [3.05, 3.63) is 37.5 Å². The number of phosphoric acid groups is 1. The zero-order valence-electron chi connectivity index (χ0n) is 24.3. The predicted octanol–water partition coefficient (Wildman–Crippen LogP) is 2.00. The van der Waals surface area contributed by atoms with Crippen molar-refractivity contribution in [1.29, 1.82) is 0 Å². The van der Waals surface area contributed by atoms with Crippen LogP contribution >= 0.6 is 27.3 Å². The van der Waals surface area contributed by atoms with Gasteiger partial charge < -0.3 is 30.1 Å². The number of rotatable bonds is 3. The van der Waals surface area contributed by atoms with Gasteiger partial charge in [-0.3, -0.25) is 18.2 Å². The summed E-state index contributed by atoms with van der Waals surface area (Å²) < 4.78 is 86.2. The molecular weight excluding hydrogens is 704 g/mol. The number of aromatic nitrogens is 8. The van der Waals surface area contributed by atoms with E-state index in [0.29, 0.717) is 24.7 Å². The Morgan fingerprint density at radius 1 is 0.958 bits per heavy atom. The summed E-state index contributed by atoms with van der Waals surface area (Å²) >= 11 is 3.72. The zero-order valence-corrected chi connectivity index (χ0v) is 27.0. The molecule has 48 heavy (non-hydrogen) atoms. The van der Waals surface area contributed by atoms with Crippen LogP contribution < -0.4 is 10.6 Å². The number of anilines is 2. The van der Waals surface area contributed by atoms with Crippen molar-refractivity contribution in [1.82, 2.24) is 39.0 Å². The van der Waals surface area contributed by atoms with Crippen LogP contribution in [0.5, 0.6) is 0 Å². The van der Waals surface area contributed by atoms with Gasteiger partial charge in [0, 0.05) is 13.1 Å². The van der Waals surface area contributed by atoms with Gasteiger partial charge >= 0.3 is 15.1 Å². The lowest BCUT2D eigenvalue weighted by atomic mass is 10.1. The molecular formula is C24H27F2N10O9P2S+. The van der Waals surface area contributed by atoms with E-state index >= 15 is 8.78 Å². The van der Waals surface area contributed by atoms with E-state index < -0.39 is 77.5 Å². The Labute approximate surface area is 274 Å². The molecule has 7 heterocycles. The van der Waals surface area contributed by atoms with Crippen LogP contribution in [0.25, 0.3) is 22.3 Å². The molecule has 2 fully saturated rings. The third-order valence-electron chi connectivity index (χ3n) is 7.79. The molecule has 10 atom stereocenters. The number of thiol groups is 1. The van der Waals surface area contributed by atoms with Gasteiger partial charge in [-0.2, -0.15) is 0 Å². The van der Waals surface area contributed by atoms with Gasteiger partial charge in [-0.15, -0.1) is 4.52 Å². The van der Waals surface area contributed by atoms with Crippen LogP contribution in [0.4, 0.5) is 20.4 Å². The molecule has 7 rings (SSSR count). The first kappa shape index (κ1) is 33.2. The van der Waals surface area contributed by atoms with Gasteiger partial charge in [-0.25, -0.2) is 43.2 Å². The van der Waals surface area contributed by atoms with E-state index in [0.717, 1.165) is 0 Å². The second-order valence-corrected chi connectivity index (χ2v) is 13.7. The maximum Gasteiger partial charge on any atom is 0.582 e. The predicted molar refractivity (Wildman–Crippen MR) is 164 cm³/mol. The smallest absolute Gasteiger partial charge is 0.394 e. The molecule has 24 heteroatoms. The van der Waals surface area contributed by atoms with Crippen molar-refractivity contribution in [2.75, 3.05) is 36.9 Å². The number of fused-ring (bicyclic) bond motifs is 6. The highest BCUT2D eigenvalue weighted by molar-refractivity contribution is 8.39. The van der Waals surface area contributed by atoms with Gasteiger partial charge in [0.1, 0.15) is 43.2 Å². The molecule has 3 aliphatic rings. The number of aliphatic hydroxyl groups excluding tert-OH is 1. The summed E-state index contributed by atoms with van der Waals surface area (Å²) in [4.78, 5) is 36.0. The summed E-state index contributed by atoms with van der Waals surface area (Å²) in [6.07, 6.45) is -4.68. The number of imidazole rings is 2. The number of alkyl halides is 2. The quantitative estimate of drug-likeness (QED) is 0.115. The second-order valence-electron chi connectivity index (χ2n) is 10.7. The number of aliphatic hydroxyl groups is 1. The molecule has 4 N–H and O–H groups in total. The number of ether oxygens (including phenoxy) is 2. The Balaban J connectivity index is 1.23. The molecule has 19 nitrogen and oxygen atoms in total. The average Bonchev–Trinajstić information content (AvgIpc) is 3.82. The molecule has 0 spiro atoms. The van der Waals surface area contributed by atoms with Gasteiger partial charge in [0.25, 0.3) is 0 Å². The Kier molecular flexibility index (Phi) is 9.37. The zero-order chi connectivity index (χ0) is 33.6. The number of nitrogens with one attached hydrogen (secondary N) is 2. The highest BCUT2D eigenvalue weighted by Gasteiger charge is 2.54. The fraction of sp³-hybridized carbons (Fsp3) is 0.500. The summed E-state index contributed by atoms with van der Waals surface area (Å²) in [7, 11) is -7.82. The average molecular weight is 732 g/mol. The van der Waals surface area contributed by atoms with Gasteiger partial charge in [0.05, 0.1) is 25.9 Å². The Morgan fingerprint density at radius 3 is 2.10 bits per heavy atom. The van der Waals surface area contributed by atoms with E-state index in [1.807, 2.05) is 6.08 Å². The van der Waals surface area contributed by atoms with Crippen LogP contribution in [-0.2, 0) is 32.2 Å². The van der Waals surface area contributed by atoms with Gasteiger partial charge in [-0.1, -0.05) is 12.2 Å². The van der Waals surface area contributed by atoms with Crippen molar-refractivity contribution in [2.24, 2.45) is 0 Å². The first-order valence-corrected chi connectivity index (χ1v) is 18.1. The van der Waals surface area contributed by atoms with Crippen molar-refractivity contribution < 1.29 is 51.0 Å². The SMILES string of the molecule is O=[P+](S)OC1C2COP(=O)(O)O[C@@H]3C(CO)OC([C@@H]3F)n3cnc4c(ncnc43)NC/C=C/CNc3ncnc4c3ncn4C(O2)[C@@H]1F. The molecule has 4 aromatic rings. The van der Waals surface area contributed by atoms with Gasteiger partial charge in [0.2, 0.25) is 0 Å². The van der Waals surface area contributed by atoms with Crippen LogP contribution in [0.3, 0.4) is 0 Å². The van der Waals surface area contributed by atoms with E-state index in [-0.39, 0.29) is 22.3 Å². The van der Waals surface area contributed by atoms with Crippen LogP contribution in [0.2, 0.25) is 0 Å². The van der Waals surface area contributed by atoms with Gasteiger partial charge in [-0.05, 0) is 4.57 Å². The van der Waals surface area contributed by atoms with Crippen LogP contribution in [0.15, 0.2) is 37.5 Å². The van der Waals surface area contributed by atoms with E-state index in [2.05, 4.69) is 52.8 Å². The lowest BCUT2D eigenvalue weighted by Crippen LogP contribution is -2.34. The molecule has 0 radical (unpaired) electrons. The summed E-state index contributed by atoms with van der Waals surface area (Å²) in [5.41, 5.74) is 0.930. The number of halogens is 2. The van der Waals surface area contributed by atoms with Gasteiger partial charge in [0.15, 0.2) is 64.9 Å². The van der Waals surface area contributed by atoms with Crippen LogP contribution in [-0.4, -0.2) is 112 Å². The summed E-state index contributed by atoms with van der Waals surface area (Å²) in [5.74, 6) is 0.686. The third kappa shape index (κ3) is 6.28. The molecule has 0 saturated carbocycles. The highest BCUT2D eigenvalue weighted by atomic mass is 32.7. The molecule has 2 saturated heterocycles. The minimum Gasteiger partial charge on any atom is -0.394 e. The number of hydrogen-bond donors (Lipinski definition) is 5. The lowest BCUT2D eigenvalue weighted by molar-refractivity contribution is -0.0547. The first-order chi connectivity index (χ1) is 23.1. The summed E-state index contributed by atoms with van der Waals surface area (Å²) in [6, 6.07) is 0. The Morgan fingerprint density at radius 2 is 1.54 bits per heavy atom. The van der Waals surface area contributed by atoms with E-state index in [1.165, 1.54) is 34.4 Å². The highest BCUT2D eigenvalue weighted by Crippen LogP contribution is 2.51. The molecule has 256 valence electrons. The minimum absolute atomic E-state index is 0.176. The van der Waals surface area contributed by atoms with Crippen molar-refractivity contribution in [3.8, 4) is 0 Å². The first-order valence-electron chi connectivity index (χ1n) is 14.3. The van der Waals surface area contributed by atoms with E-state index in [1.54, 1.807) is 6.08 Å². The molecule has 0 aromatic carbocycles. The minimum atomic E-state index is -5.15. The lowest BCUT2D eigenvalue weighted by Gasteiger charge is -2.22. The van der Waals surface area contributed by atoms with Crippen LogP contribution in [0.1, 0.15) is 12.5 Å². The van der Waals surface area contributed by atoms with Crippen molar-refractivity contribution in [3.63, 3.8) is 0 Å². The molecule has 3 aliphatic heterocycles. The second kappa shape index (κ2) is 13.5. The summed E-state index contributed by atoms with van der Waals surface area (Å²) in [6.45, 7) is -0.988. The van der Waals surface area contributed by atoms with E-state index in [4.69, 9.17) is 23.0 Å². The fourth-order valence-corrected chi connectivity index (χ4v) is 7.38. The summed E-state index contributed by atoms with van der Waals surface area (Å²) in [5, 5.41) is 16.1. The molecule has 4 aromatic heterocycles.